The van der Waals surface area contributed by atoms with E-state index < -0.39 is 64.4 Å². The zero-order chi connectivity index (χ0) is 32.0. The standard InChI is InChI=1S/C37H40O9/c1-35-14-13-24(44-33(40)20-9-5-3-6-10-20)16-23(35)17-26-29-30(35)31(46-34(41)21-11-7-4-8-12-21)32(39)36(2)25(22-15-28(38)43-19-22)18-27(45-26)37(29,36)42/h3-12,15,23-27,29-32,39,42H,13-14,16-19H2,1-2H3/t23-,24+,25+,26+,27-,29+,30+,31-,32-,35-,36-,37+/m0/s1. The molecule has 2 aliphatic heterocycles. The molecule has 8 rings (SSSR count). The maximum absolute atomic E-state index is 13.7. The van der Waals surface area contributed by atoms with E-state index in [2.05, 4.69) is 6.92 Å². The number of benzene rings is 2. The third kappa shape index (κ3) is 4.07. The molecular formula is C37H40O9. The average molecular weight is 629 g/mol. The molecule has 0 radical (unpaired) electrons. The molecule has 242 valence electrons. The van der Waals surface area contributed by atoms with E-state index in [0.717, 1.165) is 5.57 Å². The Labute approximate surface area is 267 Å². The van der Waals surface area contributed by atoms with Crippen LogP contribution in [0.4, 0.5) is 0 Å². The summed E-state index contributed by atoms with van der Waals surface area (Å²) >= 11 is 0. The molecule has 4 aliphatic carbocycles. The van der Waals surface area contributed by atoms with Crippen molar-refractivity contribution in [1.82, 2.24) is 0 Å². The van der Waals surface area contributed by atoms with Crippen molar-refractivity contribution in [2.45, 2.75) is 82.1 Å². The van der Waals surface area contributed by atoms with E-state index >= 15 is 0 Å². The van der Waals surface area contributed by atoms with Gasteiger partial charge in [0.25, 0.3) is 0 Å². The molecule has 9 nitrogen and oxygen atoms in total. The lowest BCUT2D eigenvalue weighted by atomic mass is 9.41. The van der Waals surface area contributed by atoms with Gasteiger partial charge in [0.1, 0.15) is 30.5 Å². The van der Waals surface area contributed by atoms with Crippen molar-refractivity contribution in [2.75, 3.05) is 6.61 Å². The molecule has 4 saturated carbocycles. The van der Waals surface area contributed by atoms with Crippen molar-refractivity contribution < 1.29 is 43.5 Å². The van der Waals surface area contributed by atoms with Gasteiger partial charge in [-0.05, 0) is 79.2 Å². The number of rotatable bonds is 5. The molecular weight excluding hydrogens is 588 g/mol. The Morgan fingerprint density at radius 1 is 0.891 bits per heavy atom. The van der Waals surface area contributed by atoms with Gasteiger partial charge in [0.15, 0.2) is 0 Å². The van der Waals surface area contributed by atoms with Crippen molar-refractivity contribution >= 4 is 17.9 Å². The van der Waals surface area contributed by atoms with Gasteiger partial charge in [-0.3, -0.25) is 0 Å². The van der Waals surface area contributed by atoms with Crippen molar-refractivity contribution in [1.29, 1.82) is 0 Å². The monoisotopic (exact) mass is 628 g/mol. The quantitative estimate of drug-likeness (QED) is 0.369. The smallest absolute Gasteiger partial charge is 0.338 e. The molecule has 0 unspecified atom stereocenters. The van der Waals surface area contributed by atoms with Gasteiger partial charge < -0.3 is 29.2 Å². The molecule has 0 aromatic heterocycles. The predicted octanol–water partition coefficient (Wildman–Crippen LogP) is 4.26. The van der Waals surface area contributed by atoms with E-state index in [-0.39, 0.29) is 30.7 Å². The van der Waals surface area contributed by atoms with Crippen LogP contribution in [0, 0.1) is 34.5 Å². The van der Waals surface area contributed by atoms with Gasteiger partial charge in [-0.15, -0.1) is 0 Å². The van der Waals surface area contributed by atoms with Gasteiger partial charge >= 0.3 is 17.9 Å². The second-order valence-corrected chi connectivity index (χ2v) is 14.7. The van der Waals surface area contributed by atoms with Gasteiger partial charge in [0.2, 0.25) is 0 Å². The zero-order valence-electron chi connectivity index (χ0n) is 26.0. The van der Waals surface area contributed by atoms with Crippen LogP contribution < -0.4 is 0 Å². The highest BCUT2D eigenvalue weighted by Crippen LogP contribution is 2.73. The van der Waals surface area contributed by atoms with Gasteiger partial charge in [-0.2, -0.15) is 0 Å². The van der Waals surface area contributed by atoms with Crippen LogP contribution in [-0.2, 0) is 23.7 Å². The summed E-state index contributed by atoms with van der Waals surface area (Å²) in [6.07, 6.45) is 1.08. The lowest BCUT2D eigenvalue weighted by Crippen LogP contribution is -2.74. The molecule has 1 saturated heterocycles. The molecule has 2 heterocycles. The van der Waals surface area contributed by atoms with Crippen molar-refractivity contribution in [3.05, 3.63) is 83.4 Å². The summed E-state index contributed by atoms with van der Waals surface area (Å²) in [5, 5.41) is 25.5. The highest BCUT2D eigenvalue weighted by atomic mass is 16.6. The first-order valence-corrected chi connectivity index (χ1v) is 16.5. The van der Waals surface area contributed by atoms with Gasteiger partial charge in [-0.25, -0.2) is 14.4 Å². The minimum Gasteiger partial charge on any atom is -0.459 e. The topological polar surface area (TPSA) is 129 Å². The summed E-state index contributed by atoms with van der Waals surface area (Å²) in [5.41, 5.74) is -1.41. The third-order valence-corrected chi connectivity index (χ3v) is 12.9. The molecule has 5 fully saturated rings. The molecule has 0 bridgehead atoms. The summed E-state index contributed by atoms with van der Waals surface area (Å²) in [5.74, 6) is -2.50. The maximum atomic E-state index is 13.7. The van der Waals surface area contributed by atoms with Crippen molar-refractivity contribution in [3.63, 3.8) is 0 Å². The summed E-state index contributed by atoms with van der Waals surface area (Å²) in [6.45, 7) is 4.15. The average Bonchev–Trinajstić information content (AvgIpc) is 3.68. The maximum Gasteiger partial charge on any atom is 0.338 e. The molecule has 0 amide bonds. The van der Waals surface area contributed by atoms with Crippen LogP contribution in [-0.4, -0.2) is 70.8 Å². The number of aliphatic hydroxyl groups is 2. The van der Waals surface area contributed by atoms with E-state index in [4.69, 9.17) is 18.9 Å². The van der Waals surface area contributed by atoms with E-state index in [1.807, 2.05) is 31.2 Å². The molecule has 12 atom stereocenters. The summed E-state index contributed by atoms with van der Waals surface area (Å²) < 4.78 is 24.4. The Kier molecular flexibility index (Phi) is 6.81. The second kappa shape index (κ2) is 10.5. The SMILES string of the molecule is C[C@]12CC[C@@H](OC(=O)c3ccccc3)C[C@H]1C[C@H]1O[C@H]3C[C@H](C4=CC(=O)OC4)[C@@]4(C)[C@@H](O)[C@@H](OC(=O)c5ccccc5)[C@H]2[C@@H]1[C@]34O. The minimum absolute atomic E-state index is 0.0392. The summed E-state index contributed by atoms with van der Waals surface area (Å²) in [6, 6.07) is 17.7. The van der Waals surface area contributed by atoms with Gasteiger partial charge in [-0.1, -0.05) is 50.2 Å². The first-order valence-electron chi connectivity index (χ1n) is 16.5. The van der Waals surface area contributed by atoms with Crippen LogP contribution in [0.1, 0.15) is 66.7 Å². The van der Waals surface area contributed by atoms with Crippen LogP contribution in [0.5, 0.6) is 0 Å². The first kappa shape index (κ1) is 29.8. The number of hydrogen-bond acceptors (Lipinski definition) is 9. The Balaban J connectivity index is 1.17. The lowest BCUT2D eigenvalue weighted by Gasteiger charge is -2.65. The molecule has 2 N–H and O–H groups in total. The number of carbonyl (C=O) groups is 3. The van der Waals surface area contributed by atoms with Crippen molar-refractivity contribution in [3.8, 4) is 0 Å². The minimum atomic E-state index is -1.42. The molecule has 9 heteroatoms. The number of hydrogen-bond donors (Lipinski definition) is 2. The fraction of sp³-hybridized carbons (Fsp3) is 0.541. The predicted molar refractivity (Wildman–Crippen MR) is 163 cm³/mol. The largest absolute Gasteiger partial charge is 0.459 e. The third-order valence-electron chi connectivity index (χ3n) is 12.9. The van der Waals surface area contributed by atoms with Crippen LogP contribution in [0.3, 0.4) is 0 Å². The van der Waals surface area contributed by atoms with E-state index in [9.17, 15) is 24.6 Å². The number of fused-ring (bicyclic) bond motifs is 2. The number of cyclic esters (lactones) is 1. The Morgan fingerprint density at radius 2 is 1.54 bits per heavy atom. The summed E-state index contributed by atoms with van der Waals surface area (Å²) in [7, 11) is 0. The fourth-order valence-electron chi connectivity index (χ4n) is 10.7. The highest BCUT2D eigenvalue weighted by molar-refractivity contribution is 5.90. The van der Waals surface area contributed by atoms with E-state index in [1.54, 1.807) is 36.4 Å². The molecule has 6 aliphatic rings. The Bertz CT molecular complexity index is 1590. The fourth-order valence-corrected chi connectivity index (χ4v) is 10.7. The lowest BCUT2D eigenvalue weighted by molar-refractivity contribution is -0.276. The van der Waals surface area contributed by atoms with Crippen LogP contribution in [0.2, 0.25) is 0 Å². The summed E-state index contributed by atoms with van der Waals surface area (Å²) in [4.78, 5) is 38.8. The Morgan fingerprint density at radius 3 is 2.17 bits per heavy atom. The molecule has 0 spiro atoms. The van der Waals surface area contributed by atoms with Gasteiger partial charge in [0.05, 0.1) is 23.3 Å². The molecule has 2 aromatic carbocycles. The van der Waals surface area contributed by atoms with Crippen LogP contribution in [0.25, 0.3) is 0 Å². The number of ether oxygens (including phenoxy) is 4. The number of carbonyl (C=O) groups excluding carboxylic acids is 3. The first-order chi connectivity index (χ1) is 22.1. The van der Waals surface area contributed by atoms with E-state index in [1.165, 1.54) is 6.08 Å². The molecule has 2 aromatic rings. The normalized spacial score (nSPS) is 43.6. The second-order valence-electron chi connectivity index (χ2n) is 14.7. The number of aliphatic hydroxyl groups excluding tert-OH is 1. The van der Waals surface area contributed by atoms with E-state index in [0.29, 0.717) is 43.2 Å². The van der Waals surface area contributed by atoms with Crippen molar-refractivity contribution in [2.24, 2.45) is 34.5 Å². The number of esters is 3. The highest BCUT2D eigenvalue weighted by Gasteiger charge is 2.82. The Hall–Kier alpha value is -3.53. The van der Waals surface area contributed by atoms with Crippen LogP contribution >= 0.6 is 0 Å². The van der Waals surface area contributed by atoms with Crippen LogP contribution in [0.15, 0.2) is 72.3 Å². The molecule has 46 heavy (non-hydrogen) atoms. The zero-order valence-corrected chi connectivity index (χ0v) is 26.0. The van der Waals surface area contributed by atoms with Gasteiger partial charge in [0, 0.05) is 23.3 Å².